The van der Waals surface area contributed by atoms with Gasteiger partial charge in [-0.05, 0) is 24.6 Å². The highest BCUT2D eigenvalue weighted by Gasteiger charge is 2.43. The number of rotatable bonds is 3. The van der Waals surface area contributed by atoms with Crippen LogP contribution >= 0.6 is 0 Å². The van der Waals surface area contributed by atoms with E-state index in [0.29, 0.717) is 32.8 Å². The summed E-state index contributed by atoms with van der Waals surface area (Å²) in [5, 5.41) is 11.8. The monoisotopic (exact) mass is 334 g/mol. The van der Waals surface area contributed by atoms with Gasteiger partial charge in [0.2, 0.25) is 0 Å². The van der Waals surface area contributed by atoms with Crippen LogP contribution in [0.1, 0.15) is 29.3 Å². The number of aromatic carboxylic acids is 1. The number of morpholine rings is 1. The maximum atomic E-state index is 12.5. The topological polar surface area (TPSA) is 88.1 Å². The molecule has 2 aliphatic heterocycles. The molecule has 0 radical (unpaired) electrons. The minimum Gasteiger partial charge on any atom is -0.478 e. The van der Waals surface area contributed by atoms with E-state index in [9.17, 15) is 9.59 Å². The molecule has 0 bridgehead atoms. The van der Waals surface area contributed by atoms with Crippen molar-refractivity contribution in [2.45, 2.75) is 31.6 Å². The number of nitrogens with zero attached hydrogens (tertiary/aromatic N) is 1. The lowest BCUT2D eigenvalue weighted by Gasteiger charge is -2.42. The molecule has 2 heterocycles. The van der Waals surface area contributed by atoms with Gasteiger partial charge in [-0.1, -0.05) is 12.1 Å². The maximum absolute atomic E-state index is 12.5. The van der Waals surface area contributed by atoms with Crippen LogP contribution in [0, 0.1) is 0 Å². The van der Waals surface area contributed by atoms with Gasteiger partial charge in [-0.2, -0.15) is 0 Å². The molecular weight excluding hydrogens is 312 g/mol. The molecule has 0 saturated carbocycles. The molecule has 24 heavy (non-hydrogen) atoms. The highest BCUT2D eigenvalue weighted by atomic mass is 16.6. The Bertz CT molecular complexity index is 610. The van der Waals surface area contributed by atoms with Crippen molar-refractivity contribution in [3.8, 4) is 0 Å². The Morgan fingerprint density at radius 1 is 1.38 bits per heavy atom. The van der Waals surface area contributed by atoms with E-state index in [1.165, 1.54) is 12.1 Å². The van der Waals surface area contributed by atoms with E-state index >= 15 is 0 Å². The molecule has 2 amide bonds. The van der Waals surface area contributed by atoms with Crippen LogP contribution in [0.5, 0.6) is 0 Å². The minimum absolute atomic E-state index is 0.0268. The second kappa shape index (κ2) is 6.78. The third-order valence-electron chi connectivity index (χ3n) is 4.41. The summed E-state index contributed by atoms with van der Waals surface area (Å²) in [4.78, 5) is 25.1. The average Bonchev–Trinajstić information content (AvgIpc) is 2.99. The van der Waals surface area contributed by atoms with Gasteiger partial charge in [0.1, 0.15) is 5.60 Å². The van der Waals surface area contributed by atoms with Crippen LogP contribution in [0.15, 0.2) is 24.3 Å². The van der Waals surface area contributed by atoms with Crippen molar-refractivity contribution in [2.75, 3.05) is 26.3 Å². The number of hydrogen-bond acceptors (Lipinski definition) is 4. The molecule has 1 spiro atoms. The molecule has 2 atom stereocenters. The van der Waals surface area contributed by atoms with Crippen LogP contribution in [0.3, 0.4) is 0 Å². The van der Waals surface area contributed by atoms with Crippen molar-refractivity contribution < 1.29 is 24.2 Å². The summed E-state index contributed by atoms with van der Waals surface area (Å²) >= 11 is 0. The van der Waals surface area contributed by atoms with E-state index in [1.54, 1.807) is 17.0 Å². The first-order chi connectivity index (χ1) is 11.5. The van der Waals surface area contributed by atoms with Crippen LogP contribution in [-0.2, 0) is 16.0 Å². The van der Waals surface area contributed by atoms with E-state index in [0.717, 1.165) is 12.0 Å². The van der Waals surface area contributed by atoms with E-state index in [1.807, 2.05) is 6.92 Å². The molecular formula is C17H22N2O5. The van der Waals surface area contributed by atoms with Crippen molar-refractivity contribution in [2.24, 2.45) is 0 Å². The van der Waals surface area contributed by atoms with E-state index in [4.69, 9.17) is 14.6 Å². The second-order valence-corrected chi connectivity index (χ2v) is 6.46. The molecule has 3 rings (SSSR count). The van der Waals surface area contributed by atoms with Gasteiger partial charge in [0, 0.05) is 26.1 Å². The van der Waals surface area contributed by atoms with Crippen LogP contribution in [0.25, 0.3) is 0 Å². The number of ether oxygens (including phenoxy) is 2. The fraction of sp³-hybridized carbons (Fsp3) is 0.529. The summed E-state index contributed by atoms with van der Waals surface area (Å²) in [7, 11) is 0. The maximum Gasteiger partial charge on any atom is 0.335 e. The molecule has 7 nitrogen and oxygen atoms in total. The van der Waals surface area contributed by atoms with Gasteiger partial charge in [-0.15, -0.1) is 0 Å². The minimum atomic E-state index is -0.961. The Labute approximate surface area is 140 Å². The van der Waals surface area contributed by atoms with E-state index in [2.05, 4.69) is 5.32 Å². The van der Waals surface area contributed by atoms with Crippen molar-refractivity contribution in [3.63, 3.8) is 0 Å². The lowest BCUT2D eigenvalue weighted by molar-refractivity contribution is -0.137. The Morgan fingerprint density at radius 2 is 2.12 bits per heavy atom. The predicted octanol–water partition coefficient (Wildman–Crippen LogP) is 1.47. The molecule has 1 aromatic carbocycles. The van der Waals surface area contributed by atoms with E-state index < -0.39 is 5.97 Å². The third-order valence-corrected chi connectivity index (χ3v) is 4.41. The fourth-order valence-corrected chi connectivity index (χ4v) is 3.24. The van der Waals surface area contributed by atoms with Crippen LogP contribution < -0.4 is 5.32 Å². The SMILES string of the molecule is CC1CN(C(=O)NCc2ccc(C(=O)O)cc2)CC2(CCOC2)O1. The van der Waals surface area contributed by atoms with Gasteiger partial charge < -0.3 is 24.8 Å². The molecule has 2 unspecified atom stereocenters. The summed E-state index contributed by atoms with van der Waals surface area (Å²) in [6, 6.07) is 6.34. The standard InChI is InChI=1S/C17H22N2O5/c1-12-9-19(10-17(24-12)6-7-23-11-17)16(22)18-8-13-2-4-14(5-3-13)15(20)21/h2-5,12H,6-11H2,1H3,(H,18,22)(H,20,21). The normalized spacial score (nSPS) is 26.5. The van der Waals surface area contributed by atoms with Gasteiger partial charge >= 0.3 is 12.0 Å². The zero-order chi connectivity index (χ0) is 17.2. The van der Waals surface area contributed by atoms with Crippen LogP contribution in [-0.4, -0.2) is 60.0 Å². The van der Waals surface area contributed by atoms with Gasteiger partial charge in [-0.25, -0.2) is 9.59 Å². The number of carbonyl (C=O) groups excluding carboxylic acids is 1. The number of carboxylic acids is 1. The molecule has 130 valence electrons. The summed E-state index contributed by atoms with van der Waals surface area (Å²) in [6.07, 6.45) is 0.777. The Hall–Kier alpha value is -2.12. The smallest absolute Gasteiger partial charge is 0.335 e. The number of benzene rings is 1. The molecule has 2 N–H and O–H groups in total. The zero-order valence-electron chi connectivity index (χ0n) is 13.7. The first-order valence-electron chi connectivity index (χ1n) is 8.08. The second-order valence-electron chi connectivity index (χ2n) is 6.46. The fourth-order valence-electron chi connectivity index (χ4n) is 3.24. The quantitative estimate of drug-likeness (QED) is 0.874. The molecule has 2 saturated heterocycles. The summed E-state index contributed by atoms with van der Waals surface area (Å²) < 4.78 is 11.5. The summed E-state index contributed by atoms with van der Waals surface area (Å²) in [5.41, 5.74) is 0.710. The lowest BCUT2D eigenvalue weighted by Crippen LogP contribution is -2.58. The van der Waals surface area contributed by atoms with Crippen molar-refractivity contribution in [1.29, 1.82) is 0 Å². The molecule has 0 aromatic heterocycles. The highest BCUT2D eigenvalue weighted by molar-refractivity contribution is 5.87. The number of nitrogens with one attached hydrogen (secondary N) is 1. The van der Waals surface area contributed by atoms with Gasteiger partial charge in [0.25, 0.3) is 0 Å². The first-order valence-corrected chi connectivity index (χ1v) is 8.08. The van der Waals surface area contributed by atoms with Gasteiger partial charge in [0.15, 0.2) is 0 Å². The predicted molar refractivity (Wildman–Crippen MR) is 85.9 cm³/mol. The average molecular weight is 334 g/mol. The van der Waals surface area contributed by atoms with Gasteiger partial charge in [0.05, 0.1) is 24.8 Å². The third kappa shape index (κ3) is 3.68. The number of carboxylic acid groups (broad SMARTS) is 1. The molecule has 7 heteroatoms. The van der Waals surface area contributed by atoms with Crippen molar-refractivity contribution in [1.82, 2.24) is 10.2 Å². The first kappa shape index (κ1) is 16.7. The summed E-state index contributed by atoms with van der Waals surface area (Å²) in [5.74, 6) is -0.961. The van der Waals surface area contributed by atoms with Crippen LogP contribution in [0.2, 0.25) is 0 Å². The molecule has 1 aromatic rings. The largest absolute Gasteiger partial charge is 0.478 e. The zero-order valence-corrected chi connectivity index (χ0v) is 13.7. The lowest BCUT2D eigenvalue weighted by atomic mass is 9.99. The Balaban J connectivity index is 1.57. The molecule has 0 aliphatic carbocycles. The molecule has 2 fully saturated rings. The summed E-state index contributed by atoms with van der Waals surface area (Å²) in [6.45, 7) is 4.58. The number of carbonyl (C=O) groups is 2. The number of urea groups is 1. The number of amides is 2. The number of hydrogen-bond donors (Lipinski definition) is 2. The van der Waals surface area contributed by atoms with Crippen molar-refractivity contribution in [3.05, 3.63) is 35.4 Å². The van der Waals surface area contributed by atoms with Crippen LogP contribution in [0.4, 0.5) is 4.79 Å². The highest BCUT2D eigenvalue weighted by Crippen LogP contribution is 2.29. The van der Waals surface area contributed by atoms with E-state index in [-0.39, 0.29) is 23.3 Å². The Kier molecular flexibility index (Phi) is 4.73. The molecule has 2 aliphatic rings. The van der Waals surface area contributed by atoms with Gasteiger partial charge in [-0.3, -0.25) is 0 Å². The van der Waals surface area contributed by atoms with Crippen molar-refractivity contribution >= 4 is 12.0 Å². The Morgan fingerprint density at radius 3 is 2.75 bits per heavy atom.